The van der Waals surface area contributed by atoms with E-state index in [9.17, 15) is 19.2 Å². The highest BCUT2D eigenvalue weighted by atomic mass is 16.7. The van der Waals surface area contributed by atoms with Crippen LogP contribution in [0.5, 0.6) is 0 Å². The highest BCUT2D eigenvalue weighted by Gasteiger charge is 2.51. The Morgan fingerprint density at radius 3 is 1.96 bits per heavy atom. The van der Waals surface area contributed by atoms with E-state index in [1.165, 1.54) is 27.7 Å². The molecule has 0 spiro atoms. The number of rotatable bonds is 8. The number of nitrogens with one attached hydrogen (secondary N) is 1. The highest BCUT2D eigenvalue weighted by molar-refractivity contribution is 5.73. The Balaban J connectivity index is 3.24. The van der Waals surface area contributed by atoms with E-state index < -0.39 is 54.5 Å². The van der Waals surface area contributed by atoms with Gasteiger partial charge in [0.15, 0.2) is 18.5 Å². The molecule has 160 valence electrons. The van der Waals surface area contributed by atoms with Crippen molar-refractivity contribution in [2.75, 3.05) is 13.2 Å². The Bertz CT molecular complexity index is 577. The van der Waals surface area contributed by atoms with Crippen LogP contribution in [-0.2, 0) is 42.9 Å². The average Bonchev–Trinajstić information content (AvgIpc) is 2.54. The molecule has 1 heterocycles. The summed E-state index contributed by atoms with van der Waals surface area (Å²) in [6.07, 6.45) is -4.18. The second-order valence-corrected chi connectivity index (χ2v) is 6.95. The lowest BCUT2D eigenvalue weighted by atomic mass is 9.96. The molecular weight excluding hydrogens is 374 g/mol. The summed E-state index contributed by atoms with van der Waals surface area (Å²) in [4.78, 5) is 46.2. The Hall–Kier alpha value is -2.20. The Labute approximate surface area is 164 Å². The molecule has 1 rings (SSSR count). The largest absolute Gasteiger partial charge is 0.463 e. The Morgan fingerprint density at radius 2 is 1.50 bits per heavy atom. The fraction of sp³-hybridized carbons (Fsp3) is 0.778. The van der Waals surface area contributed by atoms with Crippen LogP contribution >= 0.6 is 0 Å². The standard InChI is InChI=1S/C18H29NO9/c1-9(2)7-25-18-15(19-10(3)20)17(27-13(6)23)16(26-12(5)22)14(28-18)8-24-11(4)21/h9,14-18H,7-8H2,1-6H3,(H,19,20)/t14-,15+,16+,17+,18-/m1/s1. The SMILES string of the molecule is CC(=O)N[C@@H]1[C@H](OCC(C)C)O[C@H](COC(C)=O)[C@H](OC(C)=O)[C@H]1OC(C)=O. The molecule has 0 aromatic carbocycles. The van der Waals surface area contributed by atoms with E-state index in [1.54, 1.807) is 0 Å². The molecule has 0 aromatic rings. The molecule has 1 amide bonds. The molecule has 0 aliphatic carbocycles. The zero-order chi connectivity index (χ0) is 21.4. The topological polar surface area (TPSA) is 126 Å². The molecule has 1 saturated heterocycles. The van der Waals surface area contributed by atoms with E-state index in [4.69, 9.17) is 23.7 Å². The quantitative estimate of drug-likeness (QED) is 0.450. The number of amides is 1. The summed E-state index contributed by atoms with van der Waals surface area (Å²) in [6, 6.07) is -0.932. The molecule has 1 aliphatic heterocycles. The number of carbonyl (C=O) groups is 4. The van der Waals surface area contributed by atoms with Crippen molar-refractivity contribution in [1.29, 1.82) is 0 Å². The first kappa shape index (κ1) is 23.8. The van der Waals surface area contributed by atoms with Crippen LogP contribution in [0.4, 0.5) is 0 Å². The van der Waals surface area contributed by atoms with Crippen molar-refractivity contribution in [2.24, 2.45) is 5.92 Å². The van der Waals surface area contributed by atoms with Gasteiger partial charge in [-0.05, 0) is 5.92 Å². The Kier molecular flexibility index (Phi) is 9.33. The van der Waals surface area contributed by atoms with Crippen LogP contribution in [0.15, 0.2) is 0 Å². The summed E-state index contributed by atoms with van der Waals surface area (Å²) in [7, 11) is 0. The van der Waals surface area contributed by atoms with Crippen LogP contribution in [-0.4, -0.2) is 67.7 Å². The van der Waals surface area contributed by atoms with Gasteiger partial charge in [-0.2, -0.15) is 0 Å². The molecule has 10 nitrogen and oxygen atoms in total. The van der Waals surface area contributed by atoms with E-state index in [2.05, 4.69) is 5.32 Å². The van der Waals surface area contributed by atoms with Gasteiger partial charge >= 0.3 is 17.9 Å². The van der Waals surface area contributed by atoms with Gasteiger partial charge < -0.3 is 29.0 Å². The van der Waals surface area contributed by atoms with Crippen LogP contribution in [0.2, 0.25) is 0 Å². The minimum atomic E-state index is -1.11. The molecule has 0 radical (unpaired) electrons. The van der Waals surface area contributed by atoms with Gasteiger partial charge in [0, 0.05) is 27.7 Å². The van der Waals surface area contributed by atoms with Crippen molar-refractivity contribution < 1.29 is 42.9 Å². The predicted octanol–water partition coefficient (Wildman–Crippen LogP) is 0.315. The summed E-state index contributed by atoms with van der Waals surface area (Å²) < 4.78 is 27.2. The zero-order valence-corrected chi connectivity index (χ0v) is 17.1. The van der Waals surface area contributed by atoms with E-state index in [0.717, 1.165) is 0 Å². The highest BCUT2D eigenvalue weighted by Crippen LogP contribution is 2.28. The van der Waals surface area contributed by atoms with Crippen LogP contribution < -0.4 is 5.32 Å². The van der Waals surface area contributed by atoms with Gasteiger partial charge in [-0.1, -0.05) is 13.8 Å². The van der Waals surface area contributed by atoms with Crippen molar-refractivity contribution in [2.45, 2.75) is 72.2 Å². The maximum Gasteiger partial charge on any atom is 0.303 e. The maximum atomic E-state index is 11.7. The number of ether oxygens (including phenoxy) is 5. The fourth-order valence-corrected chi connectivity index (χ4v) is 2.72. The Morgan fingerprint density at radius 1 is 0.929 bits per heavy atom. The van der Waals surface area contributed by atoms with E-state index >= 15 is 0 Å². The molecule has 5 atom stereocenters. The van der Waals surface area contributed by atoms with Crippen molar-refractivity contribution in [3.05, 3.63) is 0 Å². The van der Waals surface area contributed by atoms with Gasteiger partial charge in [-0.3, -0.25) is 19.2 Å². The lowest BCUT2D eigenvalue weighted by Crippen LogP contribution is -2.66. The van der Waals surface area contributed by atoms with Gasteiger partial charge in [-0.25, -0.2) is 0 Å². The zero-order valence-electron chi connectivity index (χ0n) is 17.1. The van der Waals surface area contributed by atoms with E-state index in [-0.39, 0.29) is 12.5 Å². The summed E-state index contributed by atoms with van der Waals surface area (Å²) in [6.45, 7) is 8.79. The second-order valence-electron chi connectivity index (χ2n) is 6.95. The molecule has 0 saturated carbocycles. The van der Waals surface area contributed by atoms with Crippen LogP contribution in [0.1, 0.15) is 41.5 Å². The number of hydrogen-bond acceptors (Lipinski definition) is 9. The lowest BCUT2D eigenvalue weighted by Gasteiger charge is -2.45. The fourth-order valence-electron chi connectivity index (χ4n) is 2.72. The average molecular weight is 403 g/mol. The maximum absolute atomic E-state index is 11.7. The van der Waals surface area contributed by atoms with Crippen molar-refractivity contribution in [1.82, 2.24) is 5.32 Å². The molecule has 28 heavy (non-hydrogen) atoms. The molecule has 1 fully saturated rings. The third-order valence-corrected chi connectivity index (χ3v) is 3.67. The summed E-state index contributed by atoms with van der Waals surface area (Å²) >= 11 is 0. The third-order valence-electron chi connectivity index (χ3n) is 3.67. The monoisotopic (exact) mass is 403 g/mol. The van der Waals surface area contributed by atoms with Gasteiger partial charge in [0.25, 0.3) is 0 Å². The summed E-state index contributed by atoms with van der Waals surface area (Å²) in [5, 5.41) is 2.63. The molecule has 10 heteroatoms. The lowest BCUT2D eigenvalue weighted by molar-refractivity contribution is -0.279. The number of carbonyl (C=O) groups excluding carboxylic acids is 4. The normalized spacial score (nSPS) is 27.0. The third kappa shape index (κ3) is 7.81. The van der Waals surface area contributed by atoms with Crippen molar-refractivity contribution >= 4 is 23.8 Å². The van der Waals surface area contributed by atoms with Gasteiger partial charge in [-0.15, -0.1) is 0 Å². The molecule has 1 aliphatic rings. The smallest absolute Gasteiger partial charge is 0.303 e. The number of hydrogen-bond donors (Lipinski definition) is 1. The number of esters is 3. The first-order chi connectivity index (χ1) is 13.0. The van der Waals surface area contributed by atoms with E-state index in [0.29, 0.717) is 6.61 Å². The molecule has 1 N–H and O–H groups in total. The molecule has 0 aromatic heterocycles. The minimum Gasteiger partial charge on any atom is -0.463 e. The first-order valence-electron chi connectivity index (χ1n) is 9.03. The van der Waals surface area contributed by atoms with Crippen molar-refractivity contribution in [3.8, 4) is 0 Å². The van der Waals surface area contributed by atoms with Gasteiger partial charge in [0.05, 0.1) is 6.61 Å². The van der Waals surface area contributed by atoms with Gasteiger partial charge in [0.1, 0.15) is 18.8 Å². The summed E-state index contributed by atoms with van der Waals surface area (Å²) in [5.74, 6) is -2.11. The molecule has 0 unspecified atom stereocenters. The van der Waals surface area contributed by atoms with Crippen molar-refractivity contribution in [3.63, 3.8) is 0 Å². The van der Waals surface area contributed by atoms with Crippen LogP contribution in [0.3, 0.4) is 0 Å². The first-order valence-corrected chi connectivity index (χ1v) is 9.03. The second kappa shape index (κ2) is 11.0. The molecule has 0 bridgehead atoms. The van der Waals surface area contributed by atoms with Gasteiger partial charge in [0.2, 0.25) is 5.91 Å². The summed E-state index contributed by atoms with van der Waals surface area (Å²) in [5.41, 5.74) is 0. The molecular formula is C18H29NO9. The minimum absolute atomic E-state index is 0.159. The van der Waals surface area contributed by atoms with Crippen LogP contribution in [0.25, 0.3) is 0 Å². The van der Waals surface area contributed by atoms with Crippen LogP contribution in [0, 0.1) is 5.92 Å². The van der Waals surface area contributed by atoms with E-state index in [1.807, 2.05) is 13.8 Å². The predicted molar refractivity (Wildman–Crippen MR) is 94.8 cm³/mol.